The summed E-state index contributed by atoms with van der Waals surface area (Å²) in [5.41, 5.74) is 0. The maximum Gasteiger partial charge on any atom is 0.00281 e. The van der Waals surface area contributed by atoms with E-state index in [-0.39, 0.29) is 0 Å². The summed E-state index contributed by atoms with van der Waals surface area (Å²) >= 11 is 0. The standard InChI is InChI=1S/C7H18Si/c1-3-7(4-2)5-6-8/h7H,3-6H2,1-2,8H3. The van der Waals surface area contributed by atoms with Crippen molar-refractivity contribution < 1.29 is 0 Å². The van der Waals surface area contributed by atoms with Gasteiger partial charge in [0.05, 0.1) is 0 Å². The van der Waals surface area contributed by atoms with Crippen LogP contribution in [-0.4, -0.2) is 10.2 Å². The van der Waals surface area contributed by atoms with Crippen molar-refractivity contribution in [3.05, 3.63) is 0 Å². The van der Waals surface area contributed by atoms with Gasteiger partial charge in [0.1, 0.15) is 0 Å². The molecule has 0 saturated carbocycles. The van der Waals surface area contributed by atoms with E-state index < -0.39 is 0 Å². The molecule has 8 heavy (non-hydrogen) atoms. The lowest BCUT2D eigenvalue weighted by atomic mass is 10.0. The molecule has 0 saturated heterocycles. The van der Waals surface area contributed by atoms with Crippen LogP contribution in [0.15, 0.2) is 0 Å². The lowest BCUT2D eigenvalue weighted by Gasteiger charge is -2.08. The Morgan fingerprint density at radius 1 is 1.25 bits per heavy atom. The SMILES string of the molecule is CCC(CC)CC[SiH3]. The van der Waals surface area contributed by atoms with Crippen molar-refractivity contribution in [2.24, 2.45) is 5.92 Å². The Morgan fingerprint density at radius 3 is 1.88 bits per heavy atom. The summed E-state index contributed by atoms with van der Waals surface area (Å²) in [5, 5.41) is 0. The highest BCUT2D eigenvalue weighted by atomic mass is 28.1. The third kappa shape index (κ3) is 3.25. The Balaban J connectivity index is 3.07. The van der Waals surface area contributed by atoms with Crippen LogP contribution in [0.25, 0.3) is 0 Å². The van der Waals surface area contributed by atoms with Gasteiger partial charge in [-0.1, -0.05) is 39.2 Å². The zero-order valence-corrected chi connectivity index (χ0v) is 8.41. The van der Waals surface area contributed by atoms with Gasteiger partial charge in [-0.15, -0.1) is 0 Å². The molecule has 50 valence electrons. The monoisotopic (exact) mass is 130 g/mol. The van der Waals surface area contributed by atoms with E-state index in [2.05, 4.69) is 13.8 Å². The second-order valence-corrected chi connectivity index (χ2v) is 3.47. The molecule has 0 heterocycles. The minimum absolute atomic E-state index is 1.03. The Hall–Kier alpha value is 0.217. The summed E-state index contributed by atoms with van der Waals surface area (Å²) in [6.07, 6.45) is 4.26. The third-order valence-corrected chi connectivity index (χ3v) is 2.43. The van der Waals surface area contributed by atoms with Crippen molar-refractivity contribution in [1.29, 1.82) is 0 Å². The maximum absolute atomic E-state index is 2.30. The summed E-state index contributed by atoms with van der Waals surface area (Å²) in [4.78, 5) is 0. The highest BCUT2D eigenvalue weighted by Crippen LogP contribution is 2.12. The summed E-state index contributed by atoms with van der Waals surface area (Å²) < 4.78 is 0. The minimum Gasteiger partial charge on any atom is -0.0656 e. The average Bonchev–Trinajstić information content (AvgIpc) is 1.83. The van der Waals surface area contributed by atoms with Crippen molar-refractivity contribution in [2.75, 3.05) is 0 Å². The van der Waals surface area contributed by atoms with Crippen molar-refractivity contribution >= 4 is 10.2 Å². The third-order valence-electron chi connectivity index (χ3n) is 1.85. The molecular weight excluding hydrogens is 112 g/mol. The summed E-state index contributed by atoms with van der Waals surface area (Å²) in [6.45, 7) is 4.59. The molecule has 0 aromatic carbocycles. The van der Waals surface area contributed by atoms with E-state index in [1.165, 1.54) is 35.5 Å². The van der Waals surface area contributed by atoms with Crippen molar-refractivity contribution in [1.82, 2.24) is 0 Å². The van der Waals surface area contributed by atoms with Crippen LogP contribution in [0.5, 0.6) is 0 Å². The van der Waals surface area contributed by atoms with Crippen LogP contribution >= 0.6 is 0 Å². The molecule has 0 aliphatic heterocycles. The van der Waals surface area contributed by atoms with Crippen LogP contribution in [-0.2, 0) is 0 Å². The van der Waals surface area contributed by atoms with Gasteiger partial charge in [0.2, 0.25) is 0 Å². The van der Waals surface area contributed by atoms with E-state index in [4.69, 9.17) is 0 Å². The Labute approximate surface area is 56.1 Å². The van der Waals surface area contributed by atoms with Gasteiger partial charge in [0.15, 0.2) is 0 Å². The number of hydrogen-bond donors (Lipinski definition) is 0. The lowest BCUT2D eigenvalue weighted by molar-refractivity contribution is 0.477. The molecule has 0 aromatic heterocycles. The molecule has 0 atom stereocenters. The summed E-state index contributed by atoms with van der Waals surface area (Å²) in [6, 6.07) is 1.49. The molecular formula is C7H18Si. The van der Waals surface area contributed by atoms with E-state index in [1.54, 1.807) is 0 Å². The summed E-state index contributed by atoms with van der Waals surface area (Å²) in [5.74, 6) is 1.03. The van der Waals surface area contributed by atoms with E-state index in [1.807, 2.05) is 0 Å². The molecule has 0 unspecified atom stereocenters. The topological polar surface area (TPSA) is 0 Å². The van der Waals surface area contributed by atoms with Gasteiger partial charge in [-0.3, -0.25) is 0 Å². The first-order valence-corrected chi connectivity index (χ1v) is 5.26. The van der Waals surface area contributed by atoms with E-state index in [0.717, 1.165) is 5.92 Å². The predicted octanol–water partition coefficient (Wildman–Crippen LogP) is 1.60. The first-order chi connectivity index (χ1) is 3.85. The van der Waals surface area contributed by atoms with Crippen LogP contribution in [0, 0.1) is 5.92 Å². The molecule has 0 aromatic rings. The van der Waals surface area contributed by atoms with Crippen LogP contribution in [0.2, 0.25) is 6.04 Å². The van der Waals surface area contributed by atoms with Crippen molar-refractivity contribution in [3.63, 3.8) is 0 Å². The van der Waals surface area contributed by atoms with Gasteiger partial charge < -0.3 is 0 Å². The molecule has 0 nitrogen and oxygen atoms in total. The first kappa shape index (κ1) is 8.22. The smallest absolute Gasteiger partial charge is 0.00281 e. The van der Waals surface area contributed by atoms with E-state index in [0.29, 0.717) is 0 Å². The Kier molecular flexibility index (Phi) is 5.50. The molecule has 0 rings (SSSR count). The first-order valence-electron chi connectivity index (χ1n) is 3.85. The van der Waals surface area contributed by atoms with Crippen LogP contribution in [0.4, 0.5) is 0 Å². The lowest BCUT2D eigenvalue weighted by Crippen LogP contribution is -1.94. The highest BCUT2D eigenvalue weighted by molar-refractivity contribution is 6.08. The van der Waals surface area contributed by atoms with Gasteiger partial charge >= 0.3 is 0 Å². The van der Waals surface area contributed by atoms with Crippen molar-refractivity contribution in [2.45, 2.75) is 39.2 Å². The quantitative estimate of drug-likeness (QED) is 0.507. The fourth-order valence-electron chi connectivity index (χ4n) is 1.11. The molecule has 0 N–H and O–H groups in total. The maximum atomic E-state index is 2.30. The minimum atomic E-state index is 1.03. The van der Waals surface area contributed by atoms with E-state index >= 15 is 0 Å². The Morgan fingerprint density at radius 2 is 1.75 bits per heavy atom. The number of rotatable bonds is 4. The zero-order valence-electron chi connectivity index (χ0n) is 6.41. The van der Waals surface area contributed by atoms with Gasteiger partial charge in [0.25, 0.3) is 0 Å². The molecule has 1 heteroatoms. The summed E-state index contributed by atoms with van der Waals surface area (Å²) in [7, 11) is 1.40. The fourth-order valence-corrected chi connectivity index (χ4v) is 1.92. The van der Waals surface area contributed by atoms with Crippen LogP contribution in [0.1, 0.15) is 33.1 Å². The van der Waals surface area contributed by atoms with Gasteiger partial charge in [-0.05, 0) is 5.92 Å². The van der Waals surface area contributed by atoms with Gasteiger partial charge in [0, 0.05) is 10.2 Å². The normalized spacial score (nSPS) is 10.9. The van der Waals surface area contributed by atoms with Crippen molar-refractivity contribution in [3.8, 4) is 0 Å². The zero-order chi connectivity index (χ0) is 6.41. The van der Waals surface area contributed by atoms with Crippen LogP contribution in [0.3, 0.4) is 0 Å². The Bertz CT molecular complexity index is 39.7. The molecule has 0 bridgehead atoms. The predicted molar refractivity (Wildman–Crippen MR) is 43.4 cm³/mol. The van der Waals surface area contributed by atoms with Gasteiger partial charge in [-0.2, -0.15) is 0 Å². The van der Waals surface area contributed by atoms with E-state index in [9.17, 15) is 0 Å². The molecule has 0 aliphatic rings. The second kappa shape index (κ2) is 5.36. The van der Waals surface area contributed by atoms with Crippen LogP contribution < -0.4 is 0 Å². The van der Waals surface area contributed by atoms with Gasteiger partial charge in [-0.25, -0.2) is 0 Å². The molecule has 0 radical (unpaired) electrons. The largest absolute Gasteiger partial charge is 0.0656 e. The average molecular weight is 130 g/mol. The molecule has 0 fully saturated rings. The molecule has 0 amide bonds. The fraction of sp³-hybridized carbons (Fsp3) is 1.00. The number of hydrogen-bond acceptors (Lipinski definition) is 0. The second-order valence-electron chi connectivity index (χ2n) is 2.47. The highest BCUT2D eigenvalue weighted by Gasteiger charge is 1.98. The molecule has 0 spiro atoms. The molecule has 0 aliphatic carbocycles.